The maximum Gasteiger partial charge on any atom is 0.142 e. The van der Waals surface area contributed by atoms with Crippen LogP contribution in [0.3, 0.4) is 0 Å². The van der Waals surface area contributed by atoms with Crippen LogP contribution in [-0.4, -0.2) is 29.3 Å². The first-order valence-electron chi connectivity index (χ1n) is 4.59. The van der Waals surface area contributed by atoms with Crippen molar-refractivity contribution in [3.8, 4) is 6.07 Å². The number of nitrogens with zero attached hydrogens (tertiary/aromatic N) is 3. The molecule has 0 radical (unpaired) electrons. The van der Waals surface area contributed by atoms with Gasteiger partial charge in [0.2, 0.25) is 0 Å². The highest BCUT2D eigenvalue weighted by atomic mass is 16.3. The standard InChI is InChI=1S/C10H11N3O/c11-6-8-5-9(1-3-12-8)13-4-2-10(14)7-13/h1,3,5,10,14H,2,4,7H2/t10-/m0/s1. The van der Waals surface area contributed by atoms with Crippen molar-refractivity contribution in [1.82, 2.24) is 4.98 Å². The zero-order valence-corrected chi connectivity index (χ0v) is 7.72. The first kappa shape index (κ1) is 8.97. The molecule has 1 aliphatic rings. The van der Waals surface area contributed by atoms with E-state index in [-0.39, 0.29) is 6.10 Å². The minimum atomic E-state index is -0.242. The van der Waals surface area contributed by atoms with E-state index in [4.69, 9.17) is 5.26 Å². The lowest BCUT2D eigenvalue weighted by atomic mass is 10.3. The van der Waals surface area contributed by atoms with Gasteiger partial charge >= 0.3 is 0 Å². The predicted octanol–water partition coefficient (Wildman–Crippen LogP) is 0.524. The first-order valence-corrected chi connectivity index (χ1v) is 4.59. The van der Waals surface area contributed by atoms with Crippen molar-refractivity contribution in [1.29, 1.82) is 5.26 Å². The Morgan fingerprint density at radius 1 is 1.64 bits per heavy atom. The van der Waals surface area contributed by atoms with Gasteiger partial charge < -0.3 is 10.0 Å². The molecule has 4 nitrogen and oxygen atoms in total. The average molecular weight is 189 g/mol. The molecule has 14 heavy (non-hydrogen) atoms. The summed E-state index contributed by atoms with van der Waals surface area (Å²) in [5, 5.41) is 18.0. The fourth-order valence-corrected chi connectivity index (χ4v) is 1.65. The highest BCUT2D eigenvalue weighted by Gasteiger charge is 2.20. The van der Waals surface area contributed by atoms with Crippen molar-refractivity contribution in [3.63, 3.8) is 0 Å². The van der Waals surface area contributed by atoms with E-state index in [0.717, 1.165) is 18.7 Å². The van der Waals surface area contributed by atoms with Crippen LogP contribution >= 0.6 is 0 Å². The Balaban J connectivity index is 2.20. The van der Waals surface area contributed by atoms with Crippen LogP contribution in [0.15, 0.2) is 18.3 Å². The maximum absolute atomic E-state index is 9.37. The molecule has 0 aromatic carbocycles. The van der Waals surface area contributed by atoms with Gasteiger partial charge in [0.15, 0.2) is 0 Å². The van der Waals surface area contributed by atoms with Crippen LogP contribution in [0.25, 0.3) is 0 Å². The molecule has 4 heteroatoms. The molecule has 1 aliphatic heterocycles. The Bertz CT molecular complexity index is 372. The van der Waals surface area contributed by atoms with Crippen molar-refractivity contribution < 1.29 is 5.11 Å². The van der Waals surface area contributed by atoms with Crippen molar-refractivity contribution in [2.45, 2.75) is 12.5 Å². The second-order valence-electron chi connectivity index (χ2n) is 3.40. The number of rotatable bonds is 1. The smallest absolute Gasteiger partial charge is 0.142 e. The molecular formula is C10H11N3O. The van der Waals surface area contributed by atoms with E-state index >= 15 is 0 Å². The van der Waals surface area contributed by atoms with Crippen LogP contribution in [0, 0.1) is 11.3 Å². The molecule has 1 aromatic heterocycles. The van der Waals surface area contributed by atoms with E-state index < -0.39 is 0 Å². The third-order valence-electron chi connectivity index (χ3n) is 2.39. The third-order valence-corrected chi connectivity index (χ3v) is 2.39. The minimum Gasteiger partial charge on any atom is -0.391 e. The molecule has 0 unspecified atom stereocenters. The largest absolute Gasteiger partial charge is 0.391 e. The van der Waals surface area contributed by atoms with Gasteiger partial charge in [-0.25, -0.2) is 4.98 Å². The van der Waals surface area contributed by atoms with Crippen LogP contribution < -0.4 is 4.90 Å². The summed E-state index contributed by atoms with van der Waals surface area (Å²) < 4.78 is 0. The fourth-order valence-electron chi connectivity index (χ4n) is 1.65. The molecule has 0 spiro atoms. The van der Waals surface area contributed by atoms with Crippen LogP contribution in [0.5, 0.6) is 0 Å². The van der Waals surface area contributed by atoms with Gasteiger partial charge in [0.05, 0.1) is 6.10 Å². The number of hydrogen-bond acceptors (Lipinski definition) is 4. The normalized spacial score (nSPS) is 20.9. The number of hydrogen-bond donors (Lipinski definition) is 1. The lowest BCUT2D eigenvalue weighted by Crippen LogP contribution is -2.21. The number of anilines is 1. The number of pyridine rings is 1. The monoisotopic (exact) mass is 189 g/mol. The predicted molar refractivity (Wildman–Crippen MR) is 51.8 cm³/mol. The molecule has 2 heterocycles. The Hall–Kier alpha value is -1.60. The first-order chi connectivity index (χ1) is 6.79. The van der Waals surface area contributed by atoms with Gasteiger partial charge in [0.1, 0.15) is 11.8 Å². The van der Waals surface area contributed by atoms with Crippen molar-refractivity contribution in [2.75, 3.05) is 18.0 Å². The summed E-state index contributed by atoms with van der Waals surface area (Å²) in [5.74, 6) is 0. The molecule has 0 aliphatic carbocycles. The minimum absolute atomic E-state index is 0.242. The molecule has 1 N–H and O–H groups in total. The Labute approximate surface area is 82.4 Å². The summed E-state index contributed by atoms with van der Waals surface area (Å²) in [7, 11) is 0. The SMILES string of the molecule is N#Cc1cc(N2CC[C@H](O)C2)ccn1. The Kier molecular flexibility index (Phi) is 2.33. The van der Waals surface area contributed by atoms with Crippen LogP contribution in [0.4, 0.5) is 5.69 Å². The van der Waals surface area contributed by atoms with Crippen molar-refractivity contribution in [3.05, 3.63) is 24.0 Å². The lowest BCUT2D eigenvalue weighted by Gasteiger charge is -2.17. The number of aliphatic hydroxyl groups excluding tert-OH is 1. The van der Waals surface area contributed by atoms with Gasteiger partial charge in [0, 0.05) is 25.0 Å². The molecule has 72 valence electrons. The fraction of sp³-hybridized carbons (Fsp3) is 0.400. The summed E-state index contributed by atoms with van der Waals surface area (Å²) in [6, 6.07) is 5.61. The summed E-state index contributed by atoms with van der Waals surface area (Å²) in [6.07, 6.45) is 2.18. The van der Waals surface area contributed by atoms with Gasteiger partial charge in [-0.05, 0) is 18.6 Å². The second kappa shape index (κ2) is 3.64. The van der Waals surface area contributed by atoms with Crippen molar-refractivity contribution >= 4 is 5.69 Å². The number of aliphatic hydroxyl groups is 1. The molecule has 1 fully saturated rings. The van der Waals surface area contributed by atoms with Gasteiger partial charge in [0.25, 0.3) is 0 Å². The number of β-amino-alcohol motifs (C(OH)–C–C–N with tert-alkyl or cyclic N) is 1. The van der Waals surface area contributed by atoms with E-state index in [2.05, 4.69) is 9.88 Å². The van der Waals surface area contributed by atoms with E-state index in [9.17, 15) is 5.11 Å². The highest BCUT2D eigenvalue weighted by Crippen LogP contribution is 2.19. The zero-order chi connectivity index (χ0) is 9.97. The molecule has 0 bridgehead atoms. The Morgan fingerprint density at radius 3 is 3.14 bits per heavy atom. The second-order valence-corrected chi connectivity index (χ2v) is 3.40. The third kappa shape index (κ3) is 1.68. The van der Waals surface area contributed by atoms with E-state index in [1.165, 1.54) is 0 Å². The quantitative estimate of drug-likeness (QED) is 0.699. The maximum atomic E-state index is 9.37. The lowest BCUT2D eigenvalue weighted by molar-refractivity contribution is 0.198. The van der Waals surface area contributed by atoms with Gasteiger partial charge in [-0.3, -0.25) is 0 Å². The Morgan fingerprint density at radius 2 is 2.50 bits per heavy atom. The highest BCUT2D eigenvalue weighted by molar-refractivity contribution is 5.49. The van der Waals surface area contributed by atoms with Crippen LogP contribution in [-0.2, 0) is 0 Å². The topological polar surface area (TPSA) is 60.2 Å². The van der Waals surface area contributed by atoms with Crippen LogP contribution in [0.1, 0.15) is 12.1 Å². The molecular weight excluding hydrogens is 178 g/mol. The molecule has 0 amide bonds. The summed E-state index contributed by atoms with van der Waals surface area (Å²) in [6.45, 7) is 1.49. The van der Waals surface area contributed by atoms with Gasteiger partial charge in [-0.2, -0.15) is 5.26 Å². The molecule has 0 saturated carbocycles. The van der Waals surface area contributed by atoms with Gasteiger partial charge in [-0.15, -0.1) is 0 Å². The van der Waals surface area contributed by atoms with Gasteiger partial charge in [-0.1, -0.05) is 0 Å². The molecule has 1 aromatic rings. The summed E-state index contributed by atoms with van der Waals surface area (Å²) in [4.78, 5) is 5.96. The van der Waals surface area contributed by atoms with E-state index in [1.807, 2.05) is 12.1 Å². The number of aromatic nitrogens is 1. The van der Waals surface area contributed by atoms with E-state index in [1.54, 1.807) is 12.3 Å². The zero-order valence-electron chi connectivity index (χ0n) is 7.72. The molecule has 1 saturated heterocycles. The van der Waals surface area contributed by atoms with Crippen molar-refractivity contribution in [2.24, 2.45) is 0 Å². The molecule has 1 atom stereocenters. The summed E-state index contributed by atoms with van der Waals surface area (Å²) in [5.41, 5.74) is 1.39. The average Bonchev–Trinajstić information content (AvgIpc) is 2.65. The molecule has 2 rings (SSSR count). The number of nitriles is 1. The summed E-state index contributed by atoms with van der Waals surface area (Å²) >= 11 is 0. The van der Waals surface area contributed by atoms with E-state index in [0.29, 0.717) is 12.2 Å². The van der Waals surface area contributed by atoms with Crippen LogP contribution in [0.2, 0.25) is 0 Å².